The third kappa shape index (κ3) is 7.84. The van der Waals surface area contributed by atoms with E-state index in [-0.39, 0.29) is 19.0 Å². The normalized spacial score (nSPS) is 10.0. The lowest BCUT2D eigenvalue weighted by atomic mass is 10.3. The van der Waals surface area contributed by atoms with Gasteiger partial charge in [0.2, 0.25) is 0 Å². The van der Waals surface area contributed by atoms with Crippen molar-refractivity contribution in [2.45, 2.75) is 13.0 Å². The van der Waals surface area contributed by atoms with E-state index in [1.54, 1.807) is 6.20 Å². The fraction of sp³-hybridized carbons (Fsp3) is 0.545. The summed E-state index contributed by atoms with van der Waals surface area (Å²) in [6.07, 6.45) is 2.57. The van der Waals surface area contributed by atoms with Gasteiger partial charge in [0, 0.05) is 37.2 Å². The lowest BCUT2D eigenvalue weighted by Crippen LogP contribution is -2.17. The third-order valence-electron chi connectivity index (χ3n) is 2.02. The summed E-state index contributed by atoms with van der Waals surface area (Å²) >= 11 is 7.77. The molecule has 6 heteroatoms. The summed E-state index contributed by atoms with van der Waals surface area (Å²) < 4.78 is 0. The minimum atomic E-state index is 0. The van der Waals surface area contributed by atoms with Gasteiger partial charge in [0.25, 0.3) is 0 Å². The lowest BCUT2D eigenvalue weighted by Gasteiger charge is -2.05. The molecule has 0 aliphatic rings. The Morgan fingerprint density at radius 1 is 1.41 bits per heavy atom. The summed E-state index contributed by atoms with van der Waals surface area (Å²) in [7, 11) is 0. The van der Waals surface area contributed by atoms with Crippen LogP contribution in [-0.4, -0.2) is 34.7 Å². The van der Waals surface area contributed by atoms with Crippen LogP contribution in [0.2, 0.25) is 5.15 Å². The summed E-state index contributed by atoms with van der Waals surface area (Å²) in [4.78, 5) is 4.01. The fourth-order valence-corrected chi connectivity index (χ4v) is 2.20. The number of hydrogen-bond acceptors (Lipinski definition) is 4. The first-order valence-electron chi connectivity index (χ1n) is 5.33. The van der Waals surface area contributed by atoms with E-state index in [1.165, 1.54) is 0 Å². The van der Waals surface area contributed by atoms with Crippen molar-refractivity contribution >= 4 is 35.8 Å². The Morgan fingerprint density at radius 2 is 2.24 bits per heavy atom. The van der Waals surface area contributed by atoms with Crippen LogP contribution in [0.15, 0.2) is 18.3 Å². The van der Waals surface area contributed by atoms with Gasteiger partial charge >= 0.3 is 0 Å². The molecule has 0 atom stereocenters. The molecule has 1 aromatic rings. The smallest absolute Gasteiger partial charge is 0.133 e. The number of pyridine rings is 1. The molecule has 1 heterocycles. The van der Waals surface area contributed by atoms with E-state index >= 15 is 0 Å². The molecular formula is C11H18Cl2N2OS. The molecule has 2 N–H and O–H groups in total. The molecule has 0 radical (unpaired) electrons. The summed E-state index contributed by atoms with van der Waals surface area (Å²) in [5.41, 5.74) is 1.03. The lowest BCUT2D eigenvalue weighted by molar-refractivity contribution is 0.296. The highest BCUT2D eigenvalue weighted by Gasteiger charge is 1.98. The summed E-state index contributed by atoms with van der Waals surface area (Å²) in [5.74, 6) is 2.07. The Labute approximate surface area is 118 Å². The number of halogens is 2. The van der Waals surface area contributed by atoms with Gasteiger partial charge < -0.3 is 10.4 Å². The third-order valence-corrected chi connectivity index (χ3v) is 3.43. The maximum Gasteiger partial charge on any atom is 0.133 e. The highest BCUT2D eigenvalue weighted by atomic mass is 35.5. The van der Waals surface area contributed by atoms with Gasteiger partial charge in [-0.2, -0.15) is 11.8 Å². The molecule has 17 heavy (non-hydrogen) atoms. The van der Waals surface area contributed by atoms with Crippen molar-refractivity contribution in [3.05, 3.63) is 29.0 Å². The molecule has 0 saturated heterocycles. The molecule has 0 aliphatic carbocycles. The van der Waals surface area contributed by atoms with E-state index in [1.807, 2.05) is 23.9 Å². The highest BCUT2D eigenvalue weighted by molar-refractivity contribution is 7.99. The van der Waals surface area contributed by atoms with E-state index in [4.69, 9.17) is 16.7 Å². The van der Waals surface area contributed by atoms with Gasteiger partial charge in [-0.25, -0.2) is 4.98 Å². The van der Waals surface area contributed by atoms with Gasteiger partial charge in [0.15, 0.2) is 0 Å². The predicted octanol–water partition coefficient (Wildman–Crippen LogP) is 2.36. The molecule has 0 aromatic carbocycles. The zero-order valence-corrected chi connectivity index (χ0v) is 12.0. The van der Waals surface area contributed by atoms with Crippen LogP contribution in [0.4, 0.5) is 0 Å². The first-order valence-corrected chi connectivity index (χ1v) is 6.86. The molecule has 1 rings (SSSR count). The van der Waals surface area contributed by atoms with Crippen molar-refractivity contribution in [2.75, 3.05) is 24.7 Å². The first kappa shape index (κ1) is 17.0. The molecule has 98 valence electrons. The molecule has 0 spiro atoms. The number of thioether (sulfide) groups is 1. The van der Waals surface area contributed by atoms with E-state index in [0.29, 0.717) is 5.15 Å². The summed E-state index contributed by atoms with van der Waals surface area (Å²) in [5, 5.41) is 12.5. The van der Waals surface area contributed by atoms with Crippen molar-refractivity contribution < 1.29 is 5.11 Å². The Balaban J connectivity index is 0.00000256. The van der Waals surface area contributed by atoms with Crippen LogP contribution in [0.3, 0.4) is 0 Å². The van der Waals surface area contributed by atoms with Gasteiger partial charge in [0.1, 0.15) is 5.15 Å². The van der Waals surface area contributed by atoms with E-state index < -0.39 is 0 Å². The van der Waals surface area contributed by atoms with Gasteiger partial charge in [-0.15, -0.1) is 12.4 Å². The standard InChI is InChI=1S/C11H17ClN2OS.ClH/c12-11-10(3-1-4-14-11)9-13-5-8-16-7-2-6-15;/h1,3-4,13,15H,2,5-9H2;1H. The fourth-order valence-electron chi connectivity index (χ4n) is 1.19. The topological polar surface area (TPSA) is 45.1 Å². The quantitative estimate of drug-likeness (QED) is 0.571. The minimum absolute atomic E-state index is 0. The Kier molecular flexibility index (Phi) is 11.1. The van der Waals surface area contributed by atoms with E-state index in [2.05, 4.69) is 10.3 Å². The number of nitrogens with one attached hydrogen (secondary N) is 1. The molecule has 0 bridgehead atoms. The number of rotatable bonds is 8. The average molecular weight is 297 g/mol. The van der Waals surface area contributed by atoms with E-state index in [9.17, 15) is 0 Å². The van der Waals surface area contributed by atoms with Crippen molar-refractivity contribution in [1.82, 2.24) is 10.3 Å². The Bertz CT molecular complexity index is 303. The molecule has 3 nitrogen and oxygen atoms in total. The van der Waals surface area contributed by atoms with Crippen LogP contribution in [0.1, 0.15) is 12.0 Å². The van der Waals surface area contributed by atoms with Crippen LogP contribution in [-0.2, 0) is 6.54 Å². The predicted molar refractivity (Wildman–Crippen MR) is 77.2 cm³/mol. The molecule has 1 aromatic heterocycles. The number of aliphatic hydroxyl groups is 1. The monoisotopic (exact) mass is 296 g/mol. The second-order valence-electron chi connectivity index (χ2n) is 3.32. The van der Waals surface area contributed by atoms with Crippen molar-refractivity contribution in [3.63, 3.8) is 0 Å². The second-order valence-corrected chi connectivity index (χ2v) is 4.90. The van der Waals surface area contributed by atoms with Gasteiger partial charge in [-0.05, 0) is 18.2 Å². The molecule has 0 unspecified atom stereocenters. The molecule has 0 amide bonds. The summed E-state index contributed by atoms with van der Waals surface area (Å²) in [6, 6.07) is 3.86. The highest BCUT2D eigenvalue weighted by Crippen LogP contribution is 2.10. The van der Waals surface area contributed by atoms with Crippen LogP contribution in [0, 0.1) is 0 Å². The maximum absolute atomic E-state index is 8.60. The van der Waals surface area contributed by atoms with Crippen LogP contribution in [0.5, 0.6) is 0 Å². The van der Waals surface area contributed by atoms with Crippen molar-refractivity contribution in [2.24, 2.45) is 0 Å². The number of aromatic nitrogens is 1. The van der Waals surface area contributed by atoms with Crippen molar-refractivity contribution in [1.29, 1.82) is 0 Å². The average Bonchev–Trinajstić information content (AvgIpc) is 2.30. The number of hydrogen-bond donors (Lipinski definition) is 2. The maximum atomic E-state index is 8.60. The second kappa shape index (κ2) is 11.1. The first-order chi connectivity index (χ1) is 7.84. The summed E-state index contributed by atoms with van der Waals surface area (Å²) in [6.45, 7) is 1.99. The van der Waals surface area contributed by atoms with Gasteiger partial charge in [-0.3, -0.25) is 0 Å². The van der Waals surface area contributed by atoms with Crippen molar-refractivity contribution in [3.8, 4) is 0 Å². The van der Waals surface area contributed by atoms with Gasteiger partial charge in [-0.1, -0.05) is 17.7 Å². The Morgan fingerprint density at radius 3 is 2.94 bits per heavy atom. The largest absolute Gasteiger partial charge is 0.396 e. The Hall–Kier alpha value is -0.000000000000000111. The molecule has 0 aliphatic heterocycles. The molecule has 0 saturated carbocycles. The number of aliphatic hydroxyl groups excluding tert-OH is 1. The van der Waals surface area contributed by atoms with Crippen LogP contribution >= 0.6 is 35.8 Å². The molecule has 0 fully saturated rings. The zero-order valence-electron chi connectivity index (χ0n) is 9.56. The van der Waals surface area contributed by atoms with Crippen LogP contribution < -0.4 is 5.32 Å². The van der Waals surface area contributed by atoms with Crippen LogP contribution in [0.25, 0.3) is 0 Å². The minimum Gasteiger partial charge on any atom is -0.396 e. The van der Waals surface area contributed by atoms with Gasteiger partial charge in [0.05, 0.1) is 0 Å². The SMILES string of the molecule is Cl.OCCCSCCNCc1cccnc1Cl. The zero-order chi connectivity index (χ0) is 11.6. The van der Waals surface area contributed by atoms with E-state index in [0.717, 1.165) is 36.6 Å². The molecular weight excluding hydrogens is 279 g/mol. The number of nitrogens with zero attached hydrogens (tertiary/aromatic N) is 1.